The van der Waals surface area contributed by atoms with Crippen molar-refractivity contribution in [3.05, 3.63) is 99.7 Å². The van der Waals surface area contributed by atoms with Gasteiger partial charge in [-0.05, 0) is 66.7 Å². The molecule has 176 valence electrons. The number of ether oxygens (including phenoxy) is 1. The van der Waals surface area contributed by atoms with E-state index in [2.05, 4.69) is 15.4 Å². The molecule has 0 spiro atoms. The maximum absolute atomic E-state index is 12.9. The molecule has 10 heteroatoms. The molecule has 0 aromatic heterocycles. The number of benzene rings is 3. The molecule has 3 aromatic rings. The summed E-state index contributed by atoms with van der Waals surface area (Å²) >= 11 is 12.0. The Bertz CT molecular complexity index is 1370. The predicted octanol–water partition coefficient (Wildman–Crippen LogP) is 4.81. The zero-order valence-electron chi connectivity index (χ0n) is 18.2. The lowest BCUT2D eigenvalue weighted by molar-refractivity contribution is -0.120. The summed E-state index contributed by atoms with van der Waals surface area (Å²) in [6.07, 6.45) is 0. The molecule has 35 heavy (non-hydrogen) atoms. The third-order valence-corrected chi connectivity index (χ3v) is 5.67. The molecule has 0 atom stereocenters. The Morgan fingerprint density at radius 3 is 2.17 bits per heavy atom. The third kappa shape index (κ3) is 5.03. The molecular weight excluding hydrogens is 493 g/mol. The Kier molecular flexibility index (Phi) is 6.86. The predicted molar refractivity (Wildman–Crippen MR) is 133 cm³/mol. The van der Waals surface area contributed by atoms with Crippen molar-refractivity contribution in [2.75, 3.05) is 22.6 Å². The summed E-state index contributed by atoms with van der Waals surface area (Å²) in [7, 11) is 1.27. The van der Waals surface area contributed by atoms with Crippen LogP contribution < -0.4 is 15.5 Å². The van der Waals surface area contributed by atoms with Gasteiger partial charge in [0, 0.05) is 22.0 Å². The minimum Gasteiger partial charge on any atom is -0.465 e. The second kappa shape index (κ2) is 10.0. The number of nitrogens with zero attached hydrogens (tertiary/aromatic N) is 1. The van der Waals surface area contributed by atoms with Gasteiger partial charge in [-0.15, -0.1) is 0 Å². The van der Waals surface area contributed by atoms with Crippen LogP contribution in [0.25, 0.3) is 0 Å². The molecule has 0 radical (unpaired) electrons. The number of esters is 1. The lowest BCUT2D eigenvalue weighted by Gasteiger charge is -2.15. The van der Waals surface area contributed by atoms with Crippen molar-refractivity contribution < 1.29 is 23.9 Å². The van der Waals surface area contributed by atoms with Gasteiger partial charge >= 0.3 is 5.97 Å². The summed E-state index contributed by atoms with van der Waals surface area (Å²) < 4.78 is 4.68. The smallest absolute Gasteiger partial charge is 0.337 e. The molecule has 4 rings (SSSR count). The largest absolute Gasteiger partial charge is 0.465 e. The number of amides is 3. The van der Waals surface area contributed by atoms with Gasteiger partial charge in [0.15, 0.2) is 0 Å². The summed E-state index contributed by atoms with van der Waals surface area (Å²) in [5, 5.41) is 5.77. The Morgan fingerprint density at radius 2 is 1.51 bits per heavy atom. The summed E-state index contributed by atoms with van der Waals surface area (Å²) in [6.45, 7) is 0. The highest BCUT2D eigenvalue weighted by Gasteiger charge is 2.38. The maximum Gasteiger partial charge on any atom is 0.337 e. The van der Waals surface area contributed by atoms with Gasteiger partial charge in [0.2, 0.25) is 0 Å². The van der Waals surface area contributed by atoms with E-state index in [1.807, 2.05) is 0 Å². The molecule has 3 aromatic carbocycles. The summed E-state index contributed by atoms with van der Waals surface area (Å²) in [5.41, 5.74) is 1.76. The molecule has 0 aliphatic carbocycles. The minimum atomic E-state index is -0.660. The Hall–Kier alpha value is -4.14. The van der Waals surface area contributed by atoms with Gasteiger partial charge in [-0.1, -0.05) is 29.3 Å². The zero-order valence-corrected chi connectivity index (χ0v) is 19.7. The van der Waals surface area contributed by atoms with Crippen LogP contribution in [0.4, 0.5) is 17.1 Å². The molecule has 1 aliphatic rings. The maximum atomic E-state index is 12.9. The fourth-order valence-corrected chi connectivity index (χ4v) is 3.67. The third-order valence-electron chi connectivity index (χ3n) is 5.07. The molecule has 0 unspecified atom stereocenters. The van der Waals surface area contributed by atoms with Crippen LogP contribution >= 0.6 is 23.2 Å². The molecule has 0 fully saturated rings. The number of hydrogen-bond acceptors (Lipinski definition) is 6. The highest BCUT2D eigenvalue weighted by atomic mass is 35.5. The number of methoxy groups -OCH3 is 1. The average molecular weight is 510 g/mol. The van der Waals surface area contributed by atoms with E-state index in [0.29, 0.717) is 33.2 Å². The molecule has 2 N–H and O–H groups in total. The van der Waals surface area contributed by atoms with E-state index in [1.165, 1.54) is 25.3 Å². The van der Waals surface area contributed by atoms with Crippen LogP contribution in [0.5, 0.6) is 0 Å². The van der Waals surface area contributed by atoms with Gasteiger partial charge in [0.25, 0.3) is 17.7 Å². The van der Waals surface area contributed by atoms with Crippen molar-refractivity contribution in [1.82, 2.24) is 0 Å². The summed E-state index contributed by atoms with van der Waals surface area (Å²) in [4.78, 5) is 50.6. The summed E-state index contributed by atoms with van der Waals surface area (Å²) in [5.74, 6) is -2.20. The van der Waals surface area contributed by atoms with E-state index in [9.17, 15) is 19.2 Å². The fraction of sp³-hybridized carbons (Fsp3) is 0.0400. The fourth-order valence-electron chi connectivity index (χ4n) is 3.33. The Balaban J connectivity index is 1.46. The van der Waals surface area contributed by atoms with E-state index in [4.69, 9.17) is 23.2 Å². The van der Waals surface area contributed by atoms with Gasteiger partial charge in [0.1, 0.15) is 10.7 Å². The van der Waals surface area contributed by atoms with E-state index in [0.717, 1.165) is 4.90 Å². The Morgan fingerprint density at radius 1 is 0.829 bits per heavy atom. The van der Waals surface area contributed by atoms with Crippen LogP contribution in [0.1, 0.15) is 20.7 Å². The highest BCUT2D eigenvalue weighted by Crippen LogP contribution is 2.30. The van der Waals surface area contributed by atoms with E-state index in [-0.39, 0.29) is 10.7 Å². The molecule has 0 saturated carbocycles. The first-order valence-electron chi connectivity index (χ1n) is 10.2. The van der Waals surface area contributed by atoms with Crippen LogP contribution in [-0.2, 0) is 14.3 Å². The number of carbonyl (C=O) groups is 4. The first kappa shape index (κ1) is 24.0. The molecule has 0 saturated heterocycles. The number of anilines is 3. The number of imide groups is 1. The standard InChI is InChI=1S/C25H17Cl2N3O5/c1-35-25(34)15-3-2-4-18(13-15)29-22(31)14-5-9-17(10-6-14)28-21-20(27)23(32)30(24(21)33)19-11-7-16(26)8-12-19/h2-13,28H,1H3,(H,29,31). The van der Waals surface area contributed by atoms with E-state index >= 15 is 0 Å². The number of rotatable bonds is 6. The zero-order chi connectivity index (χ0) is 25.1. The van der Waals surface area contributed by atoms with Crippen LogP contribution in [0.2, 0.25) is 5.02 Å². The Labute approximate surface area is 210 Å². The second-order valence-corrected chi connectivity index (χ2v) is 8.15. The molecule has 3 amide bonds. The molecular formula is C25H17Cl2N3O5. The number of halogens is 2. The van der Waals surface area contributed by atoms with Crippen LogP contribution in [0.15, 0.2) is 83.5 Å². The SMILES string of the molecule is COC(=O)c1cccc(NC(=O)c2ccc(NC3=C(Cl)C(=O)N(c4ccc(Cl)cc4)C3=O)cc2)c1. The van der Waals surface area contributed by atoms with Crippen LogP contribution in [0, 0.1) is 0 Å². The van der Waals surface area contributed by atoms with E-state index < -0.39 is 23.7 Å². The summed E-state index contributed by atoms with van der Waals surface area (Å²) in [6, 6.07) is 18.8. The normalized spacial score (nSPS) is 13.2. The monoisotopic (exact) mass is 509 g/mol. The second-order valence-electron chi connectivity index (χ2n) is 7.34. The minimum absolute atomic E-state index is 0.0801. The lowest BCUT2D eigenvalue weighted by atomic mass is 10.1. The van der Waals surface area contributed by atoms with Gasteiger partial charge in [-0.2, -0.15) is 0 Å². The van der Waals surface area contributed by atoms with Crippen molar-refractivity contribution in [3.63, 3.8) is 0 Å². The van der Waals surface area contributed by atoms with Gasteiger partial charge in [0.05, 0.1) is 18.4 Å². The van der Waals surface area contributed by atoms with Crippen molar-refractivity contribution in [1.29, 1.82) is 0 Å². The van der Waals surface area contributed by atoms with E-state index in [1.54, 1.807) is 54.6 Å². The van der Waals surface area contributed by atoms with Crippen LogP contribution in [-0.4, -0.2) is 30.8 Å². The molecule has 1 aliphatic heterocycles. The number of nitrogens with one attached hydrogen (secondary N) is 2. The van der Waals surface area contributed by atoms with Gasteiger partial charge < -0.3 is 15.4 Å². The highest BCUT2D eigenvalue weighted by molar-refractivity contribution is 6.53. The van der Waals surface area contributed by atoms with Crippen molar-refractivity contribution in [3.8, 4) is 0 Å². The molecule has 1 heterocycles. The first-order chi connectivity index (χ1) is 16.8. The quantitative estimate of drug-likeness (QED) is 0.364. The van der Waals surface area contributed by atoms with Gasteiger partial charge in [-0.25, -0.2) is 9.69 Å². The van der Waals surface area contributed by atoms with Crippen LogP contribution in [0.3, 0.4) is 0 Å². The molecule has 0 bridgehead atoms. The average Bonchev–Trinajstić information content (AvgIpc) is 3.07. The number of carbonyl (C=O) groups excluding carboxylic acids is 4. The number of hydrogen-bond donors (Lipinski definition) is 2. The first-order valence-corrected chi connectivity index (χ1v) is 10.9. The van der Waals surface area contributed by atoms with Crippen molar-refractivity contribution in [2.24, 2.45) is 0 Å². The van der Waals surface area contributed by atoms with Crippen molar-refractivity contribution in [2.45, 2.75) is 0 Å². The van der Waals surface area contributed by atoms with Gasteiger partial charge in [-0.3, -0.25) is 14.4 Å². The topological polar surface area (TPSA) is 105 Å². The molecule has 8 nitrogen and oxygen atoms in total. The lowest BCUT2D eigenvalue weighted by Crippen LogP contribution is -2.32. The van der Waals surface area contributed by atoms with Crippen molar-refractivity contribution >= 4 is 64.0 Å².